The van der Waals surface area contributed by atoms with E-state index in [2.05, 4.69) is 11.2 Å². The molecule has 1 aromatic rings. The highest BCUT2D eigenvalue weighted by molar-refractivity contribution is 5.97. The van der Waals surface area contributed by atoms with Gasteiger partial charge in [0.05, 0.1) is 4.92 Å². The molecule has 0 aliphatic heterocycles. The first-order valence-electron chi connectivity index (χ1n) is 5.28. The van der Waals surface area contributed by atoms with E-state index in [0.29, 0.717) is 0 Å². The third kappa shape index (κ3) is 3.52. The molecule has 1 amide bonds. The first kappa shape index (κ1) is 15.1. The Labute approximate surface area is 112 Å². The molecule has 0 aliphatic rings. The van der Waals surface area contributed by atoms with E-state index in [1.54, 1.807) is 0 Å². The Morgan fingerprint density at radius 2 is 2.20 bits per heavy atom. The summed E-state index contributed by atoms with van der Waals surface area (Å²) >= 11 is 0. The summed E-state index contributed by atoms with van der Waals surface area (Å²) in [5, 5.41) is 21.4. The van der Waals surface area contributed by atoms with Gasteiger partial charge in [0, 0.05) is 18.1 Å². The van der Waals surface area contributed by atoms with Gasteiger partial charge in [-0.2, -0.15) is 4.39 Å². The Balaban J connectivity index is 2.98. The van der Waals surface area contributed by atoms with Crippen LogP contribution in [0.25, 0.3) is 0 Å². The number of carboxylic acid groups (broad SMARTS) is 1. The van der Waals surface area contributed by atoms with Gasteiger partial charge >= 0.3 is 11.7 Å². The molecule has 104 valence electrons. The van der Waals surface area contributed by atoms with Crippen LogP contribution < -0.4 is 5.32 Å². The molecule has 0 fully saturated rings. The first-order valence-corrected chi connectivity index (χ1v) is 5.28. The maximum atomic E-state index is 13.1. The maximum Gasteiger partial charge on any atom is 0.327 e. The molecule has 1 aromatic carbocycles. The van der Waals surface area contributed by atoms with Crippen LogP contribution in [0.5, 0.6) is 0 Å². The van der Waals surface area contributed by atoms with Crippen LogP contribution in [0.4, 0.5) is 10.1 Å². The Kier molecular flexibility index (Phi) is 4.75. The van der Waals surface area contributed by atoms with Crippen molar-refractivity contribution in [2.24, 2.45) is 0 Å². The molecule has 8 heteroatoms. The van der Waals surface area contributed by atoms with Crippen molar-refractivity contribution >= 4 is 17.6 Å². The summed E-state index contributed by atoms with van der Waals surface area (Å²) in [7, 11) is 0. The number of nitro groups is 1. The molecule has 7 nitrogen and oxygen atoms in total. The second-order valence-electron chi connectivity index (χ2n) is 3.70. The van der Waals surface area contributed by atoms with Crippen molar-refractivity contribution in [2.45, 2.75) is 12.5 Å². The number of carbonyl (C=O) groups excluding carboxylic acids is 1. The summed E-state index contributed by atoms with van der Waals surface area (Å²) in [5.41, 5.74) is -1.11. The third-order valence-electron chi connectivity index (χ3n) is 2.33. The van der Waals surface area contributed by atoms with Gasteiger partial charge in [0.2, 0.25) is 5.82 Å². The minimum absolute atomic E-state index is 0.235. The lowest BCUT2D eigenvalue weighted by Crippen LogP contribution is -2.40. The molecule has 1 unspecified atom stereocenters. The van der Waals surface area contributed by atoms with Crippen LogP contribution in [0.2, 0.25) is 0 Å². The molecular formula is C12H9FN2O5. The molecule has 0 bridgehead atoms. The van der Waals surface area contributed by atoms with Crippen molar-refractivity contribution in [3.8, 4) is 12.3 Å². The number of carbonyl (C=O) groups is 2. The largest absolute Gasteiger partial charge is 0.480 e. The zero-order chi connectivity index (χ0) is 15.3. The number of nitrogens with one attached hydrogen (secondary N) is 1. The second kappa shape index (κ2) is 6.29. The lowest BCUT2D eigenvalue weighted by atomic mass is 10.1. The fourth-order valence-corrected chi connectivity index (χ4v) is 1.35. The number of amides is 1. The van der Waals surface area contributed by atoms with Crippen molar-refractivity contribution in [2.75, 3.05) is 0 Å². The van der Waals surface area contributed by atoms with Gasteiger partial charge < -0.3 is 10.4 Å². The topological polar surface area (TPSA) is 110 Å². The predicted octanol–water partition coefficient (Wildman–Crippen LogP) is 0.940. The average molecular weight is 280 g/mol. The van der Waals surface area contributed by atoms with Crippen molar-refractivity contribution in [1.82, 2.24) is 5.32 Å². The van der Waals surface area contributed by atoms with Gasteiger partial charge in [-0.1, -0.05) is 0 Å². The van der Waals surface area contributed by atoms with E-state index in [1.165, 1.54) is 0 Å². The van der Waals surface area contributed by atoms with Crippen LogP contribution in [0.3, 0.4) is 0 Å². The molecule has 20 heavy (non-hydrogen) atoms. The number of hydrogen-bond donors (Lipinski definition) is 2. The van der Waals surface area contributed by atoms with Crippen LogP contribution in [-0.2, 0) is 4.79 Å². The van der Waals surface area contributed by atoms with Crippen molar-refractivity contribution in [3.63, 3.8) is 0 Å². The van der Waals surface area contributed by atoms with Gasteiger partial charge in [-0.25, -0.2) is 4.79 Å². The Bertz CT molecular complexity index is 608. The molecule has 2 N–H and O–H groups in total. The number of aliphatic carboxylic acids is 1. The Hall–Kier alpha value is -2.95. The normalized spacial score (nSPS) is 11.2. The number of terminal acetylenes is 1. The number of hydrogen-bond acceptors (Lipinski definition) is 4. The SMILES string of the molecule is C#CCC(NC(=O)c1ccc(F)c([N+](=O)[O-])c1)C(=O)O. The predicted molar refractivity (Wildman–Crippen MR) is 65.4 cm³/mol. The highest BCUT2D eigenvalue weighted by Gasteiger charge is 2.22. The monoisotopic (exact) mass is 280 g/mol. The summed E-state index contributed by atoms with van der Waals surface area (Å²) in [4.78, 5) is 32.1. The van der Waals surface area contributed by atoms with Crippen LogP contribution in [0.1, 0.15) is 16.8 Å². The lowest BCUT2D eigenvalue weighted by molar-refractivity contribution is -0.387. The van der Waals surface area contributed by atoms with Crippen LogP contribution in [-0.4, -0.2) is 27.9 Å². The molecule has 1 rings (SSSR count). The zero-order valence-corrected chi connectivity index (χ0v) is 10.00. The standard InChI is InChI=1S/C12H9FN2O5/c1-2-3-9(12(17)18)14-11(16)7-4-5-8(13)10(6-7)15(19)20/h1,4-6,9H,3H2,(H,14,16)(H,17,18). The number of nitro benzene ring substituents is 1. The van der Waals surface area contributed by atoms with E-state index in [4.69, 9.17) is 11.5 Å². The van der Waals surface area contributed by atoms with E-state index >= 15 is 0 Å². The van der Waals surface area contributed by atoms with Gasteiger partial charge in [-0.15, -0.1) is 12.3 Å². The Morgan fingerprint density at radius 1 is 1.55 bits per heavy atom. The molecular weight excluding hydrogens is 271 g/mol. The van der Waals surface area contributed by atoms with Crippen LogP contribution in [0.15, 0.2) is 18.2 Å². The fourth-order valence-electron chi connectivity index (χ4n) is 1.35. The third-order valence-corrected chi connectivity index (χ3v) is 2.33. The number of benzene rings is 1. The zero-order valence-electron chi connectivity index (χ0n) is 10.00. The molecule has 1 atom stereocenters. The second-order valence-corrected chi connectivity index (χ2v) is 3.70. The minimum Gasteiger partial charge on any atom is -0.480 e. The van der Waals surface area contributed by atoms with Gasteiger partial charge in [-0.3, -0.25) is 14.9 Å². The van der Waals surface area contributed by atoms with E-state index in [1.807, 2.05) is 0 Å². The van der Waals surface area contributed by atoms with Gasteiger partial charge in [0.15, 0.2) is 0 Å². The lowest BCUT2D eigenvalue weighted by Gasteiger charge is -2.11. The van der Waals surface area contributed by atoms with Crippen LogP contribution >= 0.6 is 0 Å². The average Bonchev–Trinajstić information content (AvgIpc) is 2.38. The summed E-state index contributed by atoms with van der Waals surface area (Å²) in [6.45, 7) is 0. The van der Waals surface area contributed by atoms with Gasteiger partial charge in [-0.05, 0) is 12.1 Å². The van der Waals surface area contributed by atoms with Gasteiger partial charge in [0.25, 0.3) is 5.91 Å². The van der Waals surface area contributed by atoms with Crippen molar-refractivity contribution in [1.29, 1.82) is 0 Å². The van der Waals surface area contributed by atoms with E-state index in [0.717, 1.165) is 18.2 Å². The summed E-state index contributed by atoms with van der Waals surface area (Å²) in [6.07, 6.45) is 4.72. The van der Waals surface area contributed by atoms with E-state index in [-0.39, 0.29) is 12.0 Å². The van der Waals surface area contributed by atoms with Gasteiger partial charge in [0.1, 0.15) is 6.04 Å². The summed E-state index contributed by atoms with van der Waals surface area (Å²) < 4.78 is 13.1. The first-order chi connectivity index (χ1) is 9.36. The fraction of sp³-hybridized carbons (Fsp3) is 0.167. The maximum absolute atomic E-state index is 13.1. The minimum atomic E-state index is -1.34. The molecule has 0 aromatic heterocycles. The number of carboxylic acids is 1. The highest BCUT2D eigenvalue weighted by atomic mass is 19.1. The molecule has 0 spiro atoms. The molecule has 0 saturated carbocycles. The van der Waals surface area contributed by atoms with E-state index in [9.17, 15) is 24.1 Å². The molecule has 0 aliphatic carbocycles. The quantitative estimate of drug-likeness (QED) is 0.474. The number of nitrogens with zero attached hydrogens (tertiary/aromatic N) is 1. The molecule has 0 heterocycles. The van der Waals surface area contributed by atoms with Crippen molar-refractivity contribution in [3.05, 3.63) is 39.7 Å². The van der Waals surface area contributed by atoms with Crippen LogP contribution in [0, 0.1) is 28.3 Å². The smallest absolute Gasteiger partial charge is 0.327 e. The number of halogens is 1. The van der Waals surface area contributed by atoms with Crippen molar-refractivity contribution < 1.29 is 24.0 Å². The van der Waals surface area contributed by atoms with E-state index < -0.39 is 34.3 Å². The summed E-state index contributed by atoms with van der Waals surface area (Å²) in [6, 6.07) is 1.16. The highest BCUT2D eigenvalue weighted by Crippen LogP contribution is 2.18. The summed E-state index contributed by atoms with van der Waals surface area (Å²) in [5.74, 6) is -1.24. The molecule has 0 saturated heterocycles. The number of rotatable bonds is 5. The molecule has 0 radical (unpaired) electrons. The Morgan fingerprint density at radius 3 is 2.70 bits per heavy atom.